The van der Waals surface area contributed by atoms with E-state index in [1.165, 1.54) is 23.6 Å². The first-order chi connectivity index (χ1) is 64.3. The number of carbonyl (C=O) groups is 3. The molecule has 0 spiro atoms. The van der Waals surface area contributed by atoms with Crippen molar-refractivity contribution in [3.05, 3.63) is 34.9 Å². The quantitative estimate of drug-likeness (QED) is 0.0619. The molecule has 0 aromatic heterocycles. The summed E-state index contributed by atoms with van der Waals surface area (Å²) < 4.78 is 34.7. The van der Waals surface area contributed by atoms with Crippen molar-refractivity contribution in [3.63, 3.8) is 0 Å². The van der Waals surface area contributed by atoms with E-state index in [2.05, 4.69) is 122 Å². The minimum absolute atomic E-state index is 0.00999. The largest absolute Gasteiger partial charge is 0.481 e. The summed E-state index contributed by atoms with van der Waals surface area (Å²) in [7, 11) is 0. The van der Waals surface area contributed by atoms with E-state index in [-0.39, 0.29) is 140 Å². The lowest BCUT2D eigenvalue weighted by molar-refractivity contribution is -0.361. The fourth-order valence-electron chi connectivity index (χ4n) is 37.4. The smallest absolute Gasteiger partial charge is 0.315 e. The third-order valence-electron chi connectivity index (χ3n) is 46.3. The van der Waals surface area contributed by atoms with Crippen LogP contribution in [0, 0.1) is 183 Å². The lowest BCUT2D eigenvalue weighted by Gasteiger charge is -2.72. The molecule has 0 aromatic rings. The van der Waals surface area contributed by atoms with Gasteiger partial charge in [0.25, 0.3) is 0 Å². The molecule has 138 heavy (non-hydrogen) atoms. The third kappa shape index (κ3) is 15.6. The molecule has 15 aliphatic carbocycles. The second kappa shape index (κ2) is 37.4. The lowest BCUT2D eigenvalue weighted by atomic mass is 9.33. The standard InChI is InChI=1S/C48H78O19.C30H48O6.C30H48O5/c1-20-10-13-48(15-14-46(6)23(29(48)21(20)2)8-9-28-44(4)16-24(51)39(60)45(5,19-50)27(44)11-12-47(28,46)7)43(61)67-42-36(58)33(55)31(53)26(65-42)18-62-40-37(59)34(56)38(25(17-49)64-40)66-41-35(57)32(54)30(52)22(3)63-41;1-15-11-18(26(35)36)17-9-10-29(5)19(23(17)16(15)2)7-8-22-27(3)12-21(33)25(34)28(4,14-31)24(27)20(32)13-30(22,29)6;1-16-13-19(26(34)35)18-9-11-29(5)20(24(18)17(16)2)7-8-23-27(3)14-21(32)25(33)28(4,15-31)22(27)10-12-30(23,29)6/h8,20-22,24-42,49-60H,9-19H2,1-7H3;7,15-18,20-25,31-34H,8-14H2,1-6H3,(H,35,36);7,16-19,21-25,31-33H,8-15H2,1-6H3,(H,34,35)/t20-,21+,22?,24-,25?,26?,27-,28-,29+,30+,31-,32+,33-,34+,35?,36?,37?,38-,39+,40-,41+,42+,44+,45+,46-,47-,48+;15-,16+,17?,18-,20-,21-,22-,23-,24-,25+,27-,28+,29-,30-;16-,17+,18?,19-,21-,22-,23-,24-,25+,27+,28+,29-,30-/m111/s1. The summed E-state index contributed by atoms with van der Waals surface area (Å²) in [6.07, 6.45) is -7.71. The number of hydrogen-bond donors (Lipinski definition) is 21. The van der Waals surface area contributed by atoms with Crippen LogP contribution in [0.3, 0.4) is 0 Å². The average molecular weight is 1950 g/mol. The molecule has 12 saturated carbocycles. The van der Waals surface area contributed by atoms with Gasteiger partial charge in [0.05, 0.1) is 99.1 Å². The highest BCUT2D eigenvalue weighted by atomic mass is 16.8. The molecule has 3 aliphatic heterocycles. The van der Waals surface area contributed by atoms with E-state index >= 15 is 4.79 Å². The molecule has 0 bridgehead atoms. The fourth-order valence-corrected chi connectivity index (χ4v) is 37.4. The Balaban J connectivity index is 0.000000163. The minimum atomic E-state index is -1.86. The van der Waals surface area contributed by atoms with E-state index in [0.717, 1.165) is 83.5 Å². The topological polar surface area (TPSA) is 531 Å². The maximum Gasteiger partial charge on any atom is 0.315 e. The summed E-state index contributed by atoms with van der Waals surface area (Å²) >= 11 is 0. The van der Waals surface area contributed by atoms with Crippen molar-refractivity contribution in [2.24, 2.45) is 183 Å². The van der Waals surface area contributed by atoms with Gasteiger partial charge in [0.2, 0.25) is 6.29 Å². The van der Waals surface area contributed by atoms with Crippen molar-refractivity contribution < 1.29 is 150 Å². The van der Waals surface area contributed by atoms with E-state index in [1.807, 2.05) is 20.8 Å². The second-order valence-electron chi connectivity index (χ2n) is 51.9. The molecule has 30 heteroatoms. The maximum absolute atomic E-state index is 15.0. The molecule has 0 aromatic carbocycles. The molecule has 0 amide bonds. The predicted molar refractivity (Wildman–Crippen MR) is 504 cm³/mol. The van der Waals surface area contributed by atoms with Gasteiger partial charge in [-0.1, -0.05) is 160 Å². The van der Waals surface area contributed by atoms with Crippen LogP contribution in [0.2, 0.25) is 0 Å². The van der Waals surface area contributed by atoms with Crippen LogP contribution in [0.15, 0.2) is 34.9 Å². The first-order valence-electron chi connectivity index (χ1n) is 53.0. The SMILES string of the molecule is CC1O[C@@H](O[C@@H]2C(CO)O[C@@H](OCC3O[C@@H](OC(=O)[C@]45CC[C@@H](C)[C@H](C)[C@H]4C4=CC[C@@H]6[C@@]7(C)C[C@@H](O)[C@H](O)[C@@](C)(CO)[C@@H]7CC[C@@]6(C)[C@]4(C)CC5)C(O)[C@H](O)[C@@H]3O)C(O)[C@@H]2O)C(O)[C@@H](O)[C@H]1O.C[C@H]1[C@H](C)C[C@@H](C(=O)O)C2CC[C@]3(C)C(=CC[C@@H]4[C@@]5(C)C[C@@H](O)[C@H](O)[C@@](C)(CO)[C@@H]5CC[C@]43C)[C@@H]21.C[C@H]1[C@H](C)C[C@@H](C(=O)O)C2CC[C@]3(C)C(=CC[C@@H]4[C@@]5(C)C[C@@H](O)[C@H](O)[C@@](C)(CO)[C@@H]5[C@H](O)C[C@]43C)[C@@H]21. The summed E-state index contributed by atoms with van der Waals surface area (Å²) in [4.78, 5) is 39.5. The van der Waals surface area contributed by atoms with Gasteiger partial charge in [-0.05, 0) is 285 Å². The lowest BCUT2D eigenvalue weighted by Crippen LogP contribution is -2.71. The Labute approximate surface area is 815 Å². The Morgan fingerprint density at radius 3 is 1.30 bits per heavy atom. The highest BCUT2D eigenvalue weighted by molar-refractivity contribution is 5.79. The van der Waals surface area contributed by atoms with Crippen LogP contribution in [-0.2, 0) is 42.8 Å². The number of aliphatic hydroxyl groups excluding tert-OH is 19. The molecule has 3 saturated heterocycles. The van der Waals surface area contributed by atoms with Crippen molar-refractivity contribution in [1.29, 1.82) is 0 Å². The number of fused-ring (bicyclic) bond motifs is 21. The van der Waals surface area contributed by atoms with E-state index in [9.17, 15) is 117 Å². The number of rotatable bonds is 13. The molecule has 21 N–H and O–H groups in total. The van der Waals surface area contributed by atoms with Crippen LogP contribution in [0.4, 0.5) is 0 Å². The molecular weight excluding hydrogens is 1780 g/mol. The Kier molecular flexibility index (Phi) is 29.1. The number of hydrogen-bond acceptors (Lipinski definition) is 28. The van der Waals surface area contributed by atoms with Gasteiger partial charge in [0.1, 0.15) is 67.1 Å². The highest BCUT2D eigenvalue weighted by Gasteiger charge is 2.77. The number of allylic oxidation sites excluding steroid dienone is 6. The van der Waals surface area contributed by atoms with Gasteiger partial charge in [-0.15, -0.1) is 0 Å². The summed E-state index contributed by atoms with van der Waals surface area (Å²) in [6.45, 7) is 39.6. The molecule has 8 unspecified atom stereocenters. The van der Waals surface area contributed by atoms with E-state index in [4.69, 9.17) is 28.4 Å². The van der Waals surface area contributed by atoms with Crippen LogP contribution in [0.5, 0.6) is 0 Å². The summed E-state index contributed by atoms with van der Waals surface area (Å²) in [5, 5.41) is 226. The maximum atomic E-state index is 15.0. The molecular formula is C108H174O30. The normalized spacial score (nSPS) is 57.4. The Hall–Kier alpha value is -3.33. The van der Waals surface area contributed by atoms with E-state index in [1.54, 1.807) is 0 Å². The van der Waals surface area contributed by atoms with Crippen LogP contribution in [0.1, 0.15) is 266 Å². The Morgan fingerprint density at radius 2 is 0.819 bits per heavy atom. The summed E-state index contributed by atoms with van der Waals surface area (Å²) in [5.74, 6) is 0.820. The third-order valence-corrected chi connectivity index (χ3v) is 46.3. The predicted octanol–water partition coefficient (Wildman–Crippen LogP) is 7.72. The van der Waals surface area contributed by atoms with Gasteiger partial charge in [-0.3, -0.25) is 14.4 Å². The van der Waals surface area contributed by atoms with Crippen LogP contribution in [0.25, 0.3) is 0 Å². The number of carboxylic acids is 2. The minimum Gasteiger partial charge on any atom is -0.481 e. The molecule has 18 aliphatic rings. The van der Waals surface area contributed by atoms with Gasteiger partial charge in [-0.2, -0.15) is 0 Å². The van der Waals surface area contributed by atoms with Gasteiger partial charge in [-0.25, -0.2) is 0 Å². The Bertz CT molecular complexity index is 4530. The zero-order valence-corrected chi connectivity index (χ0v) is 85.4. The molecule has 30 nitrogen and oxygen atoms in total. The molecule has 18 rings (SSSR count). The van der Waals surface area contributed by atoms with Gasteiger partial charge < -0.3 is 136 Å². The van der Waals surface area contributed by atoms with Gasteiger partial charge >= 0.3 is 17.9 Å². The van der Waals surface area contributed by atoms with Gasteiger partial charge in [0, 0.05) is 22.2 Å². The van der Waals surface area contributed by atoms with Crippen LogP contribution in [-0.4, -0.2) is 293 Å². The molecule has 3 heterocycles. The Morgan fingerprint density at radius 1 is 0.391 bits per heavy atom. The van der Waals surface area contributed by atoms with Crippen molar-refractivity contribution in [2.75, 3.05) is 33.0 Å². The van der Waals surface area contributed by atoms with Crippen molar-refractivity contribution >= 4 is 17.9 Å². The monoisotopic (exact) mass is 1950 g/mol. The van der Waals surface area contributed by atoms with E-state index < -0.39 is 193 Å². The van der Waals surface area contributed by atoms with Crippen molar-refractivity contribution in [1.82, 2.24) is 0 Å². The number of carbonyl (C=O) groups excluding carboxylic acids is 1. The number of esters is 1. The summed E-state index contributed by atoms with van der Waals surface area (Å²) in [5.41, 5.74) is -1.32. The summed E-state index contributed by atoms with van der Waals surface area (Å²) in [6, 6.07) is 0. The number of ether oxygens (including phenoxy) is 6. The molecule has 0 radical (unpaired) electrons. The average Bonchev–Trinajstić information content (AvgIpc) is 0.690. The molecule has 54 atom stereocenters. The first-order valence-corrected chi connectivity index (χ1v) is 53.0. The fraction of sp³-hybridized carbons (Fsp3) is 0.917. The zero-order chi connectivity index (χ0) is 101. The highest BCUT2D eigenvalue weighted by Crippen LogP contribution is 2.80. The number of aliphatic carboxylic acids is 2. The first kappa shape index (κ1) is 107. The number of carboxylic acid groups (broad SMARTS) is 2. The zero-order valence-electron chi connectivity index (χ0n) is 85.4. The van der Waals surface area contributed by atoms with Crippen LogP contribution < -0.4 is 0 Å². The molecule has 786 valence electrons. The van der Waals surface area contributed by atoms with Crippen molar-refractivity contribution in [3.8, 4) is 0 Å². The van der Waals surface area contributed by atoms with Gasteiger partial charge in [0.15, 0.2) is 12.6 Å². The molecule has 15 fully saturated rings. The van der Waals surface area contributed by atoms with E-state index in [0.29, 0.717) is 86.9 Å². The second-order valence-corrected chi connectivity index (χ2v) is 51.9. The van der Waals surface area contributed by atoms with Crippen LogP contribution >= 0.6 is 0 Å². The number of aliphatic hydroxyl groups is 19. The van der Waals surface area contributed by atoms with Crippen molar-refractivity contribution in [2.45, 2.75) is 401 Å².